The quantitative estimate of drug-likeness (QED) is 0.603. The number of aliphatic imine (C=N–C) groups is 1. The summed E-state index contributed by atoms with van der Waals surface area (Å²) in [5.41, 5.74) is 0.285. The van der Waals surface area contributed by atoms with Crippen LogP contribution in [0.4, 0.5) is 0 Å². The second-order valence-electron chi connectivity index (χ2n) is 6.73. The first-order valence-corrected chi connectivity index (χ1v) is 9.51. The monoisotopic (exact) mass is 312 g/mol. The SMILES string of the molecule is CN=C(NCC1CCCCC1)NCC1(N(C)C)CCSC1. The standard InChI is InChI=1S/C16H32N4S/c1-17-15(18-11-14-7-5-4-6-8-14)19-12-16(20(2)3)9-10-21-13-16/h14H,4-13H2,1-3H3,(H2,17,18,19). The van der Waals surface area contributed by atoms with Crippen molar-refractivity contribution in [3.63, 3.8) is 0 Å². The number of likely N-dealkylation sites (N-methyl/N-ethyl adjacent to an activating group) is 1. The summed E-state index contributed by atoms with van der Waals surface area (Å²) in [5.74, 6) is 4.29. The molecule has 0 bridgehead atoms. The Labute approximate surface area is 134 Å². The van der Waals surface area contributed by atoms with E-state index >= 15 is 0 Å². The largest absolute Gasteiger partial charge is 0.356 e. The molecule has 2 aliphatic rings. The number of guanidine groups is 1. The van der Waals surface area contributed by atoms with E-state index in [0.29, 0.717) is 0 Å². The molecule has 4 nitrogen and oxygen atoms in total. The maximum absolute atomic E-state index is 4.39. The van der Waals surface area contributed by atoms with Crippen LogP contribution < -0.4 is 10.6 Å². The summed E-state index contributed by atoms with van der Waals surface area (Å²) in [6.45, 7) is 2.06. The maximum Gasteiger partial charge on any atom is 0.191 e. The number of nitrogens with zero attached hydrogens (tertiary/aromatic N) is 2. The number of nitrogens with one attached hydrogen (secondary N) is 2. The van der Waals surface area contributed by atoms with Crippen molar-refractivity contribution >= 4 is 17.7 Å². The molecule has 122 valence electrons. The molecule has 1 atom stereocenters. The van der Waals surface area contributed by atoms with Gasteiger partial charge in [0.1, 0.15) is 0 Å². The molecule has 1 heterocycles. The Morgan fingerprint density at radius 2 is 2.00 bits per heavy atom. The molecule has 1 unspecified atom stereocenters. The van der Waals surface area contributed by atoms with Crippen LogP contribution >= 0.6 is 11.8 Å². The van der Waals surface area contributed by atoms with Crippen LogP contribution in [0.2, 0.25) is 0 Å². The Balaban J connectivity index is 1.76. The average molecular weight is 313 g/mol. The fourth-order valence-electron chi connectivity index (χ4n) is 3.35. The Kier molecular flexibility index (Phi) is 6.68. The molecule has 21 heavy (non-hydrogen) atoms. The van der Waals surface area contributed by atoms with Gasteiger partial charge in [-0.2, -0.15) is 11.8 Å². The van der Waals surface area contributed by atoms with Crippen LogP contribution in [0.1, 0.15) is 38.5 Å². The summed E-state index contributed by atoms with van der Waals surface area (Å²) < 4.78 is 0. The van der Waals surface area contributed by atoms with Crippen molar-refractivity contribution in [3.05, 3.63) is 0 Å². The van der Waals surface area contributed by atoms with E-state index in [1.165, 1.54) is 50.0 Å². The number of rotatable bonds is 5. The molecule has 0 aromatic heterocycles. The normalized spacial score (nSPS) is 28.1. The highest BCUT2D eigenvalue weighted by Gasteiger charge is 2.36. The minimum atomic E-state index is 0.285. The summed E-state index contributed by atoms with van der Waals surface area (Å²) in [7, 11) is 6.28. The van der Waals surface area contributed by atoms with Gasteiger partial charge in [-0.25, -0.2) is 0 Å². The summed E-state index contributed by atoms with van der Waals surface area (Å²) in [6, 6.07) is 0. The second-order valence-corrected chi connectivity index (χ2v) is 7.84. The molecular weight excluding hydrogens is 280 g/mol. The molecule has 5 heteroatoms. The number of hydrogen-bond acceptors (Lipinski definition) is 3. The third-order valence-electron chi connectivity index (χ3n) is 5.12. The summed E-state index contributed by atoms with van der Waals surface area (Å²) in [4.78, 5) is 6.78. The Morgan fingerprint density at radius 3 is 2.57 bits per heavy atom. The zero-order valence-corrected chi connectivity index (χ0v) is 14.8. The molecule has 0 aromatic rings. The molecule has 0 amide bonds. The maximum atomic E-state index is 4.39. The van der Waals surface area contributed by atoms with Crippen LogP contribution in [0.5, 0.6) is 0 Å². The van der Waals surface area contributed by atoms with Crippen LogP contribution in [0.3, 0.4) is 0 Å². The molecule has 1 saturated carbocycles. The molecule has 1 aliphatic carbocycles. The van der Waals surface area contributed by atoms with Gasteiger partial charge >= 0.3 is 0 Å². The lowest BCUT2D eigenvalue weighted by molar-refractivity contribution is 0.183. The van der Waals surface area contributed by atoms with E-state index < -0.39 is 0 Å². The van der Waals surface area contributed by atoms with Crippen LogP contribution in [-0.4, -0.2) is 62.1 Å². The lowest BCUT2D eigenvalue weighted by Crippen LogP contribution is -2.55. The van der Waals surface area contributed by atoms with Crippen molar-refractivity contribution < 1.29 is 0 Å². The van der Waals surface area contributed by atoms with Gasteiger partial charge in [-0.1, -0.05) is 19.3 Å². The van der Waals surface area contributed by atoms with Crippen LogP contribution in [0.25, 0.3) is 0 Å². The van der Waals surface area contributed by atoms with Crippen LogP contribution in [0.15, 0.2) is 4.99 Å². The van der Waals surface area contributed by atoms with Gasteiger partial charge in [0.2, 0.25) is 0 Å². The van der Waals surface area contributed by atoms with Crippen molar-refractivity contribution in [2.75, 3.05) is 45.7 Å². The van der Waals surface area contributed by atoms with Gasteiger partial charge in [-0.15, -0.1) is 0 Å². The second kappa shape index (κ2) is 8.28. The molecule has 2 rings (SSSR count). The van der Waals surface area contributed by atoms with E-state index in [1.807, 2.05) is 7.05 Å². The van der Waals surface area contributed by atoms with E-state index in [2.05, 4.69) is 46.4 Å². The molecule has 0 aromatic carbocycles. The molecule has 2 N–H and O–H groups in total. The molecular formula is C16H32N4S. The average Bonchev–Trinajstić information content (AvgIpc) is 2.99. The highest BCUT2D eigenvalue weighted by Crippen LogP contribution is 2.31. The fraction of sp³-hybridized carbons (Fsp3) is 0.938. The van der Waals surface area contributed by atoms with Gasteiger partial charge < -0.3 is 15.5 Å². The Bertz CT molecular complexity index is 331. The zero-order chi connectivity index (χ0) is 15.1. The van der Waals surface area contributed by atoms with Gasteiger partial charge in [0.25, 0.3) is 0 Å². The highest BCUT2D eigenvalue weighted by atomic mass is 32.2. The van der Waals surface area contributed by atoms with Crippen LogP contribution in [-0.2, 0) is 0 Å². The zero-order valence-electron chi connectivity index (χ0n) is 14.0. The van der Waals surface area contributed by atoms with Crippen molar-refractivity contribution in [1.29, 1.82) is 0 Å². The lowest BCUT2D eigenvalue weighted by Gasteiger charge is -2.36. The molecule has 0 spiro atoms. The number of thioether (sulfide) groups is 1. The number of hydrogen-bond donors (Lipinski definition) is 2. The topological polar surface area (TPSA) is 39.7 Å². The van der Waals surface area contributed by atoms with Gasteiger partial charge in [-0.3, -0.25) is 4.99 Å². The molecule has 1 aliphatic heterocycles. The highest BCUT2D eigenvalue weighted by molar-refractivity contribution is 7.99. The van der Waals surface area contributed by atoms with Gasteiger partial charge in [0.15, 0.2) is 5.96 Å². The van der Waals surface area contributed by atoms with Crippen molar-refractivity contribution in [1.82, 2.24) is 15.5 Å². The fourth-order valence-corrected chi connectivity index (χ4v) is 4.90. The predicted octanol–water partition coefficient (Wildman–Crippen LogP) is 2.17. The van der Waals surface area contributed by atoms with E-state index in [1.54, 1.807) is 0 Å². The van der Waals surface area contributed by atoms with E-state index in [4.69, 9.17) is 0 Å². The van der Waals surface area contributed by atoms with Crippen LogP contribution in [0, 0.1) is 5.92 Å². The minimum Gasteiger partial charge on any atom is -0.356 e. The van der Waals surface area contributed by atoms with E-state index in [0.717, 1.165) is 25.0 Å². The van der Waals surface area contributed by atoms with Crippen molar-refractivity contribution in [2.24, 2.45) is 10.9 Å². The van der Waals surface area contributed by atoms with Gasteiger partial charge in [0, 0.05) is 31.4 Å². The predicted molar refractivity (Wildman–Crippen MR) is 94.3 cm³/mol. The first kappa shape index (κ1) is 16.9. The Morgan fingerprint density at radius 1 is 1.24 bits per heavy atom. The third-order valence-corrected chi connectivity index (χ3v) is 6.36. The summed E-state index contributed by atoms with van der Waals surface area (Å²) in [6.07, 6.45) is 8.24. The Hall–Kier alpha value is -0.420. The smallest absolute Gasteiger partial charge is 0.191 e. The summed E-state index contributed by atoms with van der Waals surface area (Å²) in [5, 5.41) is 7.09. The first-order chi connectivity index (χ1) is 10.2. The molecule has 1 saturated heterocycles. The van der Waals surface area contributed by atoms with Gasteiger partial charge in [0.05, 0.1) is 0 Å². The van der Waals surface area contributed by atoms with Crippen molar-refractivity contribution in [2.45, 2.75) is 44.1 Å². The van der Waals surface area contributed by atoms with Crippen molar-refractivity contribution in [3.8, 4) is 0 Å². The van der Waals surface area contributed by atoms with Gasteiger partial charge in [-0.05, 0) is 45.0 Å². The molecule has 2 fully saturated rings. The lowest BCUT2D eigenvalue weighted by atomic mass is 9.89. The third kappa shape index (κ3) is 4.78. The van der Waals surface area contributed by atoms with E-state index in [-0.39, 0.29) is 5.54 Å². The summed E-state index contributed by atoms with van der Waals surface area (Å²) >= 11 is 2.06. The minimum absolute atomic E-state index is 0.285. The molecule has 0 radical (unpaired) electrons. The van der Waals surface area contributed by atoms with E-state index in [9.17, 15) is 0 Å². The first-order valence-electron chi connectivity index (χ1n) is 8.36.